The molecule has 1 aromatic rings. The summed E-state index contributed by atoms with van der Waals surface area (Å²) in [7, 11) is 3.68. The number of nitrogens with zero attached hydrogens (tertiary/aromatic N) is 1. The number of nitrogens with one attached hydrogen (secondary N) is 1. The van der Waals surface area contributed by atoms with Crippen molar-refractivity contribution in [2.24, 2.45) is 5.92 Å². The van der Waals surface area contributed by atoms with Crippen LogP contribution in [0.3, 0.4) is 0 Å². The van der Waals surface area contributed by atoms with Gasteiger partial charge in [-0.2, -0.15) is 0 Å². The Bertz CT molecular complexity index is 523. The summed E-state index contributed by atoms with van der Waals surface area (Å²) >= 11 is 11.7. The summed E-state index contributed by atoms with van der Waals surface area (Å²) < 4.78 is 5.40. The van der Waals surface area contributed by atoms with Crippen molar-refractivity contribution < 1.29 is 4.74 Å². The Kier molecular flexibility index (Phi) is 6.33. The van der Waals surface area contributed by atoms with E-state index < -0.39 is 0 Å². The van der Waals surface area contributed by atoms with E-state index in [1.807, 2.05) is 30.1 Å². The van der Waals surface area contributed by atoms with Crippen molar-refractivity contribution in [1.29, 1.82) is 0 Å². The molecule has 0 bridgehead atoms. The monoisotopic (exact) mass is 340 g/mol. The van der Waals surface area contributed by atoms with Crippen LogP contribution in [0.4, 0.5) is 0 Å². The van der Waals surface area contributed by atoms with Gasteiger partial charge in [0.1, 0.15) is 5.75 Å². The molecule has 5 heteroatoms. The van der Waals surface area contributed by atoms with Gasteiger partial charge in [0.05, 0.1) is 7.11 Å². The fraction of sp³-hybridized carbons (Fsp3) is 0.588. The molecule has 0 unspecified atom stereocenters. The fourth-order valence-corrected chi connectivity index (χ4v) is 3.41. The average Bonchev–Trinajstić information content (AvgIpc) is 2.49. The van der Waals surface area contributed by atoms with Gasteiger partial charge in [0.25, 0.3) is 0 Å². The molecule has 1 N–H and O–H groups in total. The van der Waals surface area contributed by atoms with Crippen LogP contribution in [0.25, 0.3) is 0 Å². The minimum absolute atomic E-state index is 0.491. The number of ether oxygens (including phenoxy) is 1. The van der Waals surface area contributed by atoms with Crippen molar-refractivity contribution in [2.45, 2.75) is 45.2 Å². The molecule has 0 aliphatic heterocycles. The van der Waals surface area contributed by atoms with Crippen LogP contribution in [-0.2, 0) is 6.54 Å². The van der Waals surface area contributed by atoms with Gasteiger partial charge in [0.2, 0.25) is 0 Å². The third kappa shape index (κ3) is 4.50. The van der Waals surface area contributed by atoms with Gasteiger partial charge in [-0.3, -0.25) is 0 Å². The SMILES string of the molecule is COc1ccc(Cl)cc1CN(C)C(=S)N[C@H]1CCCC[C@@H]1C. The first-order valence-electron chi connectivity index (χ1n) is 7.85. The normalized spacial score (nSPS) is 21.3. The molecule has 22 heavy (non-hydrogen) atoms. The lowest BCUT2D eigenvalue weighted by atomic mass is 9.86. The van der Waals surface area contributed by atoms with Crippen molar-refractivity contribution >= 4 is 28.9 Å². The summed E-state index contributed by atoms with van der Waals surface area (Å²) in [5.41, 5.74) is 1.04. The highest BCUT2D eigenvalue weighted by atomic mass is 35.5. The number of benzene rings is 1. The van der Waals surface area contributed by atoms with Gasteiger partial charge in [0.15, 0.2) is 5.11 Å². The van der Waals surface area contributed by atoms with Gasteiger partial charge >= 0.3 is 0 Å². The maximum atomic E-state index is 6.09. The average molecular weight is 341 g/mol. The van der Waals surface area contributed by atoms with Crippen molar-refractivity contribution in [1.82, 2.24) is 10.2 Å². The minimum Gasteiger partial charge on any atom is -0.496 e. The van der Waals surface area contributed by atoms with Crippen LogP contribution < -0.4 is 10.1 Å². The molecule has 1 aliphatic rings. The van der Waals surface area contributed by atoms with E-state index in [9.17, 15) is 0 Å². The molecule has 0 heterocycles. The summed E-state index contributed by atoms with van der Waals surface area (Å²) in [5, 5.41) is 5.03. The Morgan fingerprint density at radius 1 is 1.41 bits per heavy atom. The van der Waals surface area contributed by atoms with E-state index in [0.717, 1.165) is 16.4 Å². The highest BCUT2D eigenvalue weighted by Gasteiger charge is 2.22. The third-order valence-corrected chi connectivity index (χ3v) is 5.08. The number of hydrogen-bond acceptors (Lipinski definition) is 2. The second kappa shape index (κ2) is 8.02. The molecule has 122 valence electrons. The third-order valence-electron chi connectivity index (χ3n) is 4.42. The van der Waals surface area contributed by atoms with Crippen LogP contribution in [-0.4, -0.2) is 30.2 Å². The molecule has 0 radical (unpaired) electrons. The van der Waals surface area contributed by atoms with E-state index >= 15 is 0 Å². The lowest BCUT2D eigenvalue weighted by Crippen LogP contribution is -2.46. The highest BCUT2D eigenvalue weighted by Crippen LogP contribution is 2.25. The lowest BCUT2D eigenvalue weighted by molar-refractivity contribution is 0.300. The van der Waals surface area contributed by atoms with Gasteiger partial charge in [-0.05, 0) is 49.2 Å². The summed E-state index contributed by atoms with van der Waals surface area (Å²) in [5.74, 6) is 1.52. The molecular formula is C17H25ClN2OS. The second-order valence-electron chi connectivity index (χ2n) is 6.13. The molecule has 2 rings (SSSR count). The van der Waals surface area contributed by atoms with Gasteiger partial charge in [0, 0.05) is 30.2 Å². The predicted octanol–water partition coefficient (Wildman–Crippen LogP) is 4.23. The van der Waals surface area contributed by atoms with E-state index in [-0.39, 0.29) is 0 Å². The number of thiocarbonyl (C=S) groups is 1. The van der Waals surface area contributed by atoms with Crippen LogP contribution in [0.2, 0.25) is 5.02 Å². The Balaban J connectivity index is 1.97. The maximum absolute atomic E-state index is 6.09. The number of hydrogen-bond donors (Lipinski definition) is 1. The zero-order valence-corrected chi connectivity index (χ0v) is 15.1. The number of rotatable bonds is 4. The zero-order chi connectivity index (χ0) is 16.1. The van der Waals surface area contributed by atoms with Gasteiger partial charge in [-0.25, -0.2) is 0 Å². The van der Waals surface area contributed by atoms with Crippen molar-refractivity contribution in [3.8, 4) is 5.75 Å². The largest absolute Gasteiger partial charge is 0.496 e. The van der Waals surface area contributed by atoms with Gasteiger partial charge < -0.3 is 15.0 Å². The fourth-order valence-electron chi connectivity index (χ4n) is 3.00. The van der Waals surface area contributed by atoms with Crippen LogP contribution in [0.1, 0.15) is 38.2 Å². The first-order valence-corrected chi connectivity index (χ1v) is 8.64. The molecule has 0 saturated heterocycles. The quantitative estimate of drug-likeness (QED) is 0.829. The van der Waals surface area contributed by atoms with Crippen LogP contribution in [0, 0.1) is 5.92 Å². The Labute approximate surface area is 144 Å². The molecule has 2 atom stereocenters. The van der Waals surface area contributed by atoms with E-state index in [2.05, 4.69) is 12.2 Å². The highest BCUT2D eigenvalue weighted by molar-refractivity contribution is 7.80. The Morgan fingerprint density at radius 3 is 2.82 bits per heavy atom. The summed E-state index contributed by atoms with van der Waals surface area (Å²) in [4.78, 5) is 2.05. The molecule has 1 aromatic carbocycles. The topological polar surface area (TPSA) is 24.5 Å². The molecule has 0 aromatic heterocycles. The lowest BCUT2D eigenvalue weighted by Gasteiger charge is -2.33. The van der Waals surface area contributed by atoms with Gasteiger partial charge in [-0.15, -0.1) is 0 Å². The Morgan fingerprint density at radius 2 is 2.14 bits per heavy atom. The van der Waals surface area contributed by atoms with Gasteiger partial charge in [-0.1, -0.05) is 31.4 Å². The van der Waals surface area contributed by atoms with E-state index in [0.29, 0.717) is 23.5 Å². The summed E-state index contributed by atoms with van der Waals surface area (Å²) in [6, 6.07) is 6.16. The second-order valence-corrected chi connectivity index (χ2v) is 6.95. The van der Waals surface area contributed by atoms with E-state index in [1.165, 1.54) is 25.7 Å². The van der Waals surface area contributed by atoms with Crippen molar-refractivity contribution in [2.75, 3.05) is 14.2 Å². The number of methoxy groups -OCH3 is 1. The zero-order valence-electron chi connectivity index (χ0n) is 13.6. The first kappa shape index (κ1) is 17.4. The molecule has 1 fully saturated rings. The number of halogens is 1. The van der Waals surface area contributed by atoms with Crippen LogP contribution >= 0.6 is 23.8 Å². The van der Waals surface area contributed by atoms with E-state index in [1.54, 1.807) is 7.11 Å². The summed E-state index contributed by atoms with van der Waals surface area (Å²) in [6.07, 6.45) is 5.11. The maximum Gasteiger partial charge on any atom is 0.169 e. The predicted molar refractivity (Wildman–Crippen MR) is 96.6 cm³/mol. The Hall–Kier alpha value is -1.00. The van der Waals surface area contributed by atoms with Crippen molar-refractivity contribution in [3.63, 3.8) is 0 Å². The molecular weight excluding hydrogens is 316 g/mol. The van der Waals surface area contributed by atoms with Crippen LogP contribution in [0.5, 0.6) is 5.75 Å². The van der Waals surface area contributed by atoms with Crippen LogP contribution in [0.15, 0.2) is 18.2 Å². The standard InChI is InChI=1S/C17H25ClN2OS/c1-12-6-4-5-7-15(12)19-17(22)20(2)11-13-10-14(18)8-9-16(13)21-3/h8-10,12,15H,4-7,11H2,1-3H3,(H,19,22)/t12-,15-/m0/s1. The molecule has 1 saturated carbocycles. The minimum atomic E-state index is 0.491. The first-order chi connectivity index (χ1) is 10.5. The molecule has 0 amide bonds. The van der Waals surface area contributed by atoms with E-state index in [4.69, 9.17) is 28.6 Å². The molecule has 3 nitrogen and oxygen atoms in total. The summed E-state index contributed by atoms with van der Waals surface area (Å²) in [6.45, 7) is 2.98. The molecule has 1 aliphatic carbocycles. The smallest absolute Gasteiger partial charge is 0.169 e. The van der Waals surface area contributed by atoms with Crippen molar-refractivity contribution in [3.05, 3.63) is 28.8 Å². The molecule has 0 spiro atoms.